The van der Waals surface area contributed by atoms with E-state index in [0.717, 1.165) is 0 Å². The number of carbonyl (C=O) groups is 3. The van der Waals surface area contributed by atoms with Gasteiger partial charge in [0.25, 0.3) is 0 Å². The van der Waals surface area contributed by atoms with Gasteiger partial charge in [0.2, 0.25) is 5.78 Å². The van der Waals surface area contributed by atoms with E-state index < -0.39 is 18.1 Å². The van der Waals surface area contributed by atoms with Crippen molar-refractivity contribution in [2.45, 2.75) is 6.18 Å². The zero-order valence-electron chi connectivity index (χ0n) is 19.0. The number of alkyl halides is 3. The van der Waals surface area contributed by atoms with E-state index in [9.17, 15) is 27.9 Å². The topological polar surface area (TPSA) is 132 Å². The fourth-order valence-electron chi connectivity index (χ4n) is 2.94. The van der Waals surface area contributed by atoms with Crippen LogP contribution in [0.5, 0.6) is 17.2 Å². The Morgan fingerprint density at radius 2 is 1.61 bits per heavy atom. The summed E-state index contributed by atoms with van der Waals surface area (Å²) in [5.74, 6) is -3.06. The first-order valence-electron chi connectivity index (χ1n) is 9.91. The molecule has 1 heterocycles. The number of ether oxygens (including phenoxy) is 3. The molecule has 0 unspecified atom stereocenters. The number of benzene rings is 2. The summed E-state index contributed by atoms with van der Waals surface area (Å²) in [4.78, 5) is 37.8. The SMILES string of the molecule is C=CCOc1cccc(C(=O)c2ncc(C(=O)O)c3cc(OC)c(OC)cc23)c1.O=C(O)C(F)(F)F. The molecular weight excluding hydrogens is 487 g/mol. The van der Waals surface area contributed by atoms with E-state index >= 15 is 0 Å². The molecule has 1 aromatic heterocycles. The number of ketones is 1. The molecule has 3 aromatic rings. The first kappa shape index (κ1) is 27.6. The molecule has 0 bridgehead atoms. The monoisotopic (exact) mass is 507 g/mol. The third-order valence-corrected chi connectivity index (χ3v) is 4.54. The van der Waals surface area contributed by atoms with Gasteiger partial charge >= 0.3 is 18.1 Å². The van der Waals surface area contributed by atoms with Crippen molar-refractivity contribution in [1.29, 1.82) is 0 Å². The lowest BCUT2D eigenvalue weighted by Crippen LogP contribution is -2.21. The Balaban J connectivity index is 0.000000572. The number of carboxylic acids is 2. The van der Waals surface area contributed by atoms with E-state index in [1.54, 1.807) is 36.4 Å². The number of aromatic nitrogens is 1. The highest BCUT2D eigenvalue weighted by molar-refractivity contribution is 6.18. The van der Waals surface area contributed by atoms with Crippen molar-refractivity contribution in [3.8, 4) is 17.2 Å². The minimum atomic E-state index is -5.08. The van der Waals surface area contributed by atoms with Gasteiger partial charge in [-0.1, -0.05) is 24.8 Å². The van der Waals surface area contributed by atoms with Crippen LogP contribution in [-0.2, 0) is 4.79 Å². The molecule has 36 heavy (non-hydrogen) atoms. The van der Waals surface area contributed by atoms with Crippen LogP contribution in [0.15, 0.2) is 55.3 Å². The first-order valence-corrected chi connectivity index (χ1v) is 9.91. The van der Waals surface area contributed by atoms with Crippen molar-refractivity contribution in [1.82, 2.24) is 4.98 Å². The van der Waals surface area contributed by atoms with Gasteiger partial charge < -0.3 is 24.4 Å². The fraction of sp³-hybridized carbons (Fsp3) is 0.167. The van der Waals surface area contributed by atoms with Crippen LogP contribution in [0.25, 0.3) is 10.8 Å². The molecule has 2 N–H and O–H groups in total. The lowest BCUT2D eigenvalue weighted by atomic mass is 9.99. The van der Waals surface area contributed by atoms with Gasteiger partial charge in [0.15, 0.2) is 11.5 Å². The standard InChI is InChI=1S/C22H19NO6.C2HF3O2/c1-4-8-29-14-7-5-6-13(9-14)21(24)20-16-11-19(28-3)18(27-2)10-15(16)17(12-23-20)22(25)26;3-2(4,5)1(6)7/h4-7,9-12H,1,8H2,2-3H3,(H,25,26);(H,6,7). The van der Waals surface area contributed by atoms with E-state index in [4.69, 9.17) is 24.1 Å². The van der Waals surface area contributed by atoms with Crippen molar-refractivity contribution < 1.29 is 52.0 Å². The van der Waals surface area contributed by atoms with Crippen LogP contribution in [0.1, 0.15) is 26.4 Å². The summed E-state index contributed by atoms with van der Waals surface area (Å²) < 4.78 is 47.8. The molecule has 9 nitrogen and oxygen atoms in total. The summed E-state index contributed by atoms with van der Waals surface area (Å²) in [5.41, 5.74) is 0.422. The molecule has 0 aliphatic carbocycles. The van der Waals surface area contributed by atoms with Gasteiger partial charge in [-0.05, 0) is 24.3 Å². The number of methoxy groups -OCH3 is 2. The number of halogens is 3. The lowest BCUT2D eigenvalue weighted by Gasteiger charge is -2.13. The van der Waals surface area contributed by atoms with Gasteiger partial charge in [-0.15, -0.1) is 0 Å². The molecule has 0 atom stereocenters. The smallest absolute Gasteiger partial charge is 0.490 e. The maximum atomic E-state index is 13.2. The van der Waals surface area contributed by atoms with Gasteiger partial charge in [0, 0.05) is 22.5 Å². The van der Waals surface area contributed by atoms with E-state index in [0.29, 0.717) is 40.2 Å². The third-order valence-electron chi connectivity index (χ3n) is 4.54. The van der Waals surface area contributed by atoms with Crippen LogP contribution < -0.4 is 14.2 Å². The van der Waals surface area contributed by atoms with Crippen molar-refractivity contribution in [2.24, 2.45) is 0 Å². The second kappa shape index (κ2) is 11.7. The van der Waals surface area contributed by atoms with Crippen molar-refractivity contribution in [3.63, 3.8) is 0 Å². The van der Waals surface area contributed by atoms with Gasteiger partial charge in [-0.3, -0.25) is 9.78 Å². The number of aliphatic carboxylic acids is 1. The van der Waals surface area contributed by atoms with E-state index in [1.165, 1.54) is 26.5 Å². The van der Waals surface area contributed by atoms with E-state index in [1.807, 2.05) is 0 Å². The molecular formula is C24H20F3NO8. The molecule has 0 aliphatic heterocycles. The number of hydrogen-bond acceptors (Lipinski definition) is 7. The molecule has 0 amide bonds. The van der Waals surface area contributed by atoms with Crippen molar-refractivity contribution in [2.75, 3.05) is 20.8 Å². The second-order valence-electron chi connectivity index (χ2n) is 6.84. The highest BCUT2D eigenvalue weighted by atomic mass is 19.4. The Bertz CT molecular complexity index is 1300. The minimum absolute atomic E-state index is 0.0411. The van der Waals surface area contributed by atoms with E-state index in [-0.39, 0.29) is 17.0 Å². The number of carbonyl (C=O) groups excluding carboxylic acids is 1. The van der Waals surface area contributed by atoms with Gasteiger partial charge in [-0.2, -0.15) is 13.2 Å². The van der Waals surface area contributed by atoms with Gasteiger partial charge in [0.1, 0.15) is 18.1 Å². The zero-order valence-corrected chi connectivity index (χ0v) is 19.0. The molecule has 2 aromatic carbocycles. The maximum Gasteiger partial charge on any atom is 0.490 e. The summed E-state index contributed by atoms with van der Waals surface area (Å²) in [7, 11) is 2.91. The normalized spacial score (nSPS) is 10.6. The number of nitrogens with zero attached hydrogens (tertiary/aromatic N) is 1. The average Bonchev–Trinajstić information content (AvgIpc) is 2.85. The quantitative estimate of drug-likeness (QED) is 0.337. The Kier molecular flexibility index (Phi) is 8.97. The van der Waals surface area contributed by atoms with Crippen molar-refractivity contribution >= 4 is 28.5 Å². The summed E-state index contributed by atoms with van der Waals surface area (Å²) >= 11 is 0. The molecule has 0 radical (unpaired) electrons. The Hall–Kier alpha value is -4.61. The van der Waals surface area contributed by atoms with Gasteiger partial charge in [-0.25, -0.2) is 9.59 Å². The third kappa shape index (κ3) is 6.50. The summed E-state index contributed by atoms with van der Waals surface area (Å²) in [5, 5.41) is 17.3. The first-order chi connectivity index (χ1) is 16.9. The highest BCUT2D eigenvalue weighted by Crippen LogP contribution is 2.35. The predicted octanol–water partition coefficient (Wildman–Crippen LogP) is 4.38. The maximum absolute atomic E-state index is 13.2. The number of rotatable bonds is 8. The molecule has 3 rings (SSSR count). The number of hydrogen-bond donors (Lipinski definition) is 2. The second-order valence-corrected chi connectivity index (χ2v) is 6.84. The highest BCUT2D eigenvalue weighted by Gasteiger charge is 2.38. The fourth-order valence-corrected chi connectivity index (χ4v) is 2.94. The molecule has 0 saturated carbocycles. The Morgan fingerprint density at radius 1 is 1.03 bits per heavy atom. The Labute approximate surface area is 202 Å². The largest absolute Gasteiger partial charge is 0.493 e. The number of fused-ring (bicyclic) bond motifs is 1. The van der Waals surface area contributed by atoms with E-state index in [2.05, 4.69) is 11.6 Å². The molecule has 12 heteroatoms. The van der Waals surface area contributed by atoms with Crippen LogP contribution >= 0.6 is 0 Å². The summed E-state index contributed by atoms with van der Waals surface area (Å²) in [6.45, 7) is 3.90. The summed E-state index contributed by atoms with van der Waals surface area (Å²) in [6, 6.07) is 9.75. The molecule has 0 spiro atoms. The van der Waals surface area contributed by atoms with Crippen LogP contribution in [0.4, 0.5) is 13.2 Å². The number of aromatic carboxylic acids is 1. The zero-order chi connectivity index (χ0) is 27.0. The Morgan fingerprint density at radius 3 is 2.11 bits per heavy atom. The minimum Gasteiger partial charge on any atom is -0.493 e. The number of carboxylic acid groups (broad SMARTS) is 2. The summed E-state index contributed by atoms with van der Waals surface area (Å²) in [6.07, 6.45) is -2.31. The molecule has 0 aliphatic rings. The van der Waals surface area contributed by atoms with Crippen LogP contribution in [0.2, 0.25) is 0 Å². The average molecular weight is 507 g/mol. The molecule has 0 fully saturated rings. The predicted molar refractivity (Wildman–Crippen MR) is 121 cm³/mol. The van der Waals surface area contributed by atoms with Crippen LogP contribution in [-0.4, -0.2) is 59.9 Å². The van der Waals surface area contributed by atoms with Crippen LogP contribution in [0.3, 0.4) is 0 Å². The van der Waals surface area contributed by atoms with Crippen LogP contribution in [0, 0.1) is 0 Å². The number of pyridine rings is 1. The lowest BCUT2D eigenvalue weighted by molar-refractivity contribution is -0.192. The molecule has 190 valence electrons. The van der Waals surface area contributed by atoms with Crippen molar-refractivity contribution in [3.05, 3.63) is 72.1 Å². The van der Waals surface area contributed by atoms with Gasteiger partial charge in [0.05, 0.1) is 19.8 Å². The molecule has 0 saturated heterocycles.